The molecule has 0 aliphatic rings. The van der Waals surface area contributed by atoms with E-state index in [1.54, 1.807) is 11.6 Å². The van der Waals surface area contributed by atoms with Gasteiger partial charge in [0.1, 0.15) is 0 Å². The maximum absolute atomic E-state index is 11.7. The largest absolute Gasteiger partial charge is 0.461 e. The molecule has 2 aromatic heterocycles. The molecule has 0 amide bonds. The van der Waals surface area contributed by atoms with Crippen molar-refractivity contribution in [1.82, 2.24) is 14.8 Å². The number of nitrogens with zero attached hydrogens (tertiary/aromatic N) is 3. The van der Waals surface area contributed by atoms with Gasteiger partial charge in [-0.05, 0) is 20.8 Å². The Bertz CT molecular complexity index is 603. The molecule has 2 rings (SSSR count). The van der Waals surface area contributed by atoms with E-state index in [0.717, 1.165) is 16.3 Å². The van der Waals surface area contributed by atoms with Crippen molar-refractivity contribution in [3.63, 3.8) is 0 Å². The van der Waals surface area contributed by atoms with Gasteiger partial charge in [0.15, 0.2) is 10.8 Å². The summed E-state index contributed by atoms with van der Waals surface area (Å²) in [6, 6.07) is 0. The molecule has 2 aromatic rings. The van der Waals surface area contributed by atoms with E-state index >= 15 is 0 Å². The number of carbonyl (C=O) groups is 1. The van der Waals surface area contributed by atoms with Crippen LogP contribution in [0, 0.1) is 13.8 Å². The molecule has 0 spiro atoms. The summed E-state index contributed by atoms with van der Waals surface area (Å²) in [7, 11) is 1.86. The van der Waals surface area contributed by atoms with Crippen LogP contribution in [-0.4, -0.2) is 27.3 Å². The molecule has 1 N–H and O–H groups in total. The number of rotatable bonds is 4. The molecule has 0 bridgehead atoms. The van der Waals surface area contributed by atoms with Gasteiger partial charge in [-0.3, -0.25) is 4.68 Å². The Morgan fingerprint density at radius 1 is 1.53 bits per heavy atom. The third-order valence-corrected chi connectivity index (χ3v) is 3.41. The van der Waals surface area contributed by atoms with E-state index in [0.29, 0.717) is 17.4 Å². The second kappa shape index (κ2) is 5.40. The predicted octanol–water partition coefficient (Wildman–Crippen LogP) is 2.41. The zero-order valence-electron chi connectivity index (χ0n) is 11.4. The molecule has 7 heteroatoms. The van der Waals surface area contributed by atoms with Crippen LogP contribution in [0.3, 0.4) is 0 Å². The van der Waals surface area contributed by atoms with Gasteiger partial charge in [0.2, 0.25) is 0 Å². The minimum atomic E-state index is -0.382. The van der Waals surface area contributed by atoms with Crippen LogP contribution < -0.4 is 5.32 Å². The molecule has 6 nitrogen and oxygen atoms in total. The van der Waals surface area contributed by atoms with E-state index in [1.807, 2.05) is 27.1 Å². The summed E-state index contributed by atoms with van der Waals surface area (Å²) in [5.41, 5.74) is 2.13. The zero-order chi connectivity index (χ0) is 14.0. The lowest BCUT2D eigenvalue weighted by Crippen LogP contribution is -2.06. The Labute approximate surface area is 115 Å². The highest BCUT2D eigenvalue weighted by Crippen LogP contribution is 2.26. The molecule has 0 aromatic carbocycles. The zero-order valence-corrected chi connectivity index (χ0v) is 12.2. The van der Waals surface area contributed by atoms with Gasteiger partial charge in [0.25, 0.3) is 0 Å². The maximum atomic E-state index is 11.7. The molecule has 0 atom stereocenters. The highest BCUT2D eigenvalue weighted by atomic mass is 32.1. The number of anilines is 2. The standard InChI is InChI=1S/C12H16N4O2S/c1-5-18-11(17)10-8(3)19-12(14-10)13-9-6-16(4)15-7(9)2/h6H,5H2,1-4H3,(H,13,14). The number of hydrogen-bond donors (Lipinski definition) is 1. The minimum absolute atomic E-state index is 0.347. The molecule has 2 heterocycles. The fourth-order valence-corrected chi connectivity index (χ4v) is 2.49. The smallest absolute Gasteiger partial charge is 0.358 e. The van der Waals surface area contributed by atoms with Crippen LogP contribution in [0.4, 0.5) is 10.8 Å². The van der Waals surface area contributed by atoms with Crippen LogP contribution in [0.25, 0.3) is 0 Å². The SMILES string of the molecule is CCOC(=O)c1nc(Nc2cn(C)nc2C)sc1C. The molecule has 0 radical (unpaired) electrons. The summed E-state index contributed by atoms with van der Waals surface area (Å²) < 4.78 is 6.69. The van der Waals surface area contributed by atoms with Crippen LogP contribution in [0.15, 0.2) is 6.20 Å². The fourth-order valence-electron chi connectivity index (χ4n) is 1.68. The Balaban J connectivity index is 2.21. The summed E-state index contributed by atoms with van der Waals surface area (Å²) in [5, 5.41) is 8.07. The van der Waals surface area contributed by atoms with Crippen LogP contribution in [-0.2, 0) is 11.8 Å². The van der Waals surface area contributed by atoms with E-state index < -0.39 is 0 Å². The lowest BCUT2D eigenvalue weighted by molar-refractivity contribution is 0.0519. The minimum Gasteiger partial charge on any atom is -0.461 e. The van der Waals surface area contributed by atoms with E-state index in [4.69, 9.17) is 4.74 Å². The molecule has 0 aliphatic heterocycles. The van der Waals surface area contributed by atoms with Gasteiger partial charge < -0.3 is 10.1 Å². The number of aromatic nitrogens is 3. The number of esters is 1. The summed E-state index contributed by atoms with van der Waals surface area (Å²) >= 11 is 1.42. The van der Waals surface area contributed by atoms with E-state index in [-0.39, 0.29) is 5.97 Å². The lowest BCUT2D eigenvalue weighted by Gasteiger charge is -1.99. The third kappa shape index (κ3) is 2.93. The molecule has 0 saturated heterocycles. The second-order valence-electron chi connectivity index (χ2n) is 4.07. The second-order valence-corrected chi connectivity index (χ2v) is 5.27. The fraction of sp³-hybridized carbons (Fsp3) is 0.417. The van der Waals surface area contributed by atoms with Crippen LogP contribution in [0.1, 0.15) is 28.0 Å². The van der Waals surface area contributed by atoms with Gasteiger partial charge in [-0.2, -0.15) is 5.10 Å². The molecular formula is C12H16N4O2S. The van der Waals surface area contributed by atoms with Gasteiger partial charge >= 0.3 is 5.97 Å². The van der Waals surface area contributed by atoms with Crippen LogP contribution in [0.5, 0.6) is 0 Å². The number of ether oxygens (including phenoxy) is 1. The number of nitrogens with one attached hydrogen (secondary N) is 1. The van der Waals surface area contributed by atoms with Crippen molar-refractivity contribution in [2.45, 2.75) is 20.8 Å². The average Bonchev–Trinajstić information content (AvgIpc) is 2.83. The Morgan fingerprint density at radius 2 is 2.26 bits per heavy atom. The quantitative estimate of drug-likeness (QED) is 0.871. The Hall–Kier alpha value is -1.89. The normalized spacial score (nSPS) is 10.5. The monoisotopic (exact) mass is 280 g/mol. The first-order chi connectivity index (χ1) is 9.01. The summed E-state index contributed by atoms with van der Waals surface area (Å²) in [6.45, 7) is 5.89. The lowest BCUT2D eigenvalue weighted by atomic mass is 10.4. The van der Waals surface area contributed by atoms with Gasteiger partial charge in [0.05, 0.1) is 18.0 Å². The van der Waals surface area contributed by atoms with E-state index in [9.17, 15) is 4.79 Å². The highest BCUT2D eigenvalue weighted by molar-refractivity contribution is 7.15. The van der Waals surface area contributed by atoms with Crippen LogP contribution >= 0.6 is 11.3 Å². The third-order valence-electron chi connectivity index (χ3n) is 2.52. The summed E-state index contributed by atoms with van der Waals surface area (Å²) in [6.07, 6.45) is 1.87. The van der Waals surface area contributed by atoms with Gasteiger partial charge in [-0.25, -0.2) is 9.78 Å². The summed E-state index contributed by atoms with van der Waals surface area (Å²) in [5.74, 6) is -0.382. The van der Waals surface area contributed by atoms with Crippen molar-refractivity contribution >= 4 is 28.1 Å². The number of hydrogen-bond acceptors (Lipinski definition) is 6. The first-order valence-electron chi connectivity index (χ1n) is 5.93. The first-order valence-corrected chi connectivity index (χ1v) is 6.74. The number of aryl methyl sites for hydroxylation is 3. The molecule has 0 unspecified atom stereocenters. The number of carbonyl (C=O) groups excluding carboxylic acids is 1. The maximum Gasteiger partial charge on any atom is 0.358 e. The van der Waals surface area contributed by atoms with E-state index in [2.05, 4.69) is 15.4 Å². The molecule has 0 fully saturated rings. The van der Waals surface area contributed by atoms with Crippen LogP contribution in [0.2, 0.25) is 0 Å². The topological polar surface area (TPSA) is 69.0 Å². The van der Waals surface area contributed by atoms with Gasteiger partial charge in [0, 0.05) is 18.1 Å². The molecule has 0 saturated carbocycles. The molecule has 19 heavy (non-hydrogen) atoms. The number of thiazole rings is 1. The highest BCUT2D eigenvalue weighted by Gasteiger charge is 2.17. The molecular weight excluding hydrogens is 264 g/mol. The van der Waals surface area contributed by atoms with Gasteiger partial charge in [-0.15, -0.1) is 11.3 Å². The van der Waals surface area contributed by atoms with Crippen molar-refractivity contribution in [2.75, 3.05) is 11.9 Å². The first kappa shape index (κ1) is 13.5. The molecule has 102 valence electrons. The van der Waals surface area contributed by atoms with Crippen molar-refractivity contribution < 1.29 is 9.53 Å². The summed E-state index contributed by atoms with van der Waals surface area (Å²) in [4.78, 5) is 16.8. The van der Waals surface area contributed by atoms with Crippen molar-refractivity contribution in [2.24, 2.45) is 7.05 Å². The van der Waals surface area contributed by atoms with Crippen molar-refractivity contribution in [1.29, 1.82) is 0 Å². The Morgan fingerprint density at radius 3 is 2.84 bits per heavy atom. The van der Waals surface area contributed by atoms with Gasteiger partial charge in [-0.1, -0.05) is 0 Å². The van der Waals surface area contributed by atoms with Crippen molar-refractivity contribution in [3.8, 4) is 0 Å². The van der Waals surface area contributed by atoms with Crippen molar-refractivity contribution in [3.05, 3.63) is 22.5 Å². The average molecular weight is 280 g/mol. The Kier molecular flexibility index (Phi) is 3.84. The van der Waals surface area contributed by atoms with E-state index in [1.165, 1.54) is 11.3 Å². The predicted molar refractivity (Wildman–Crippen MR) is 74.0 cm³/mol. The molecule has 0 aliphatic carbocycles.